The molecule has 0 radical (unpaired) electrons. The molecule has 136 valence electrons. The van der Waals surface area contributed by atoms with Crippen molar-refractivity contribution >= 4 is 46.6 Å². The zero-order valence-corrected chi connectivity index (χ0v) is 16.2. The number of allylic oxidation sites excluding steroid dienone is 1. The number of carbonyl (C=O) groups excluding carboxylic acids is 3. The number of ketones is 1. The van der Waals surface area contributed by atoms with Crippen LogP contribution in [0.2, 0.25) is 5.02 Å². The molecule has 1 aromatic rings. The lowest BCUT2D eigenvalue weighted by Crippen LogP contribution is -2.34. The summed E-state index contributed by atoms with van der Waals surface area (Å²) in [4.78, 5) is 37.9. The van der Waals surface area contributed by atoms with Crippen LogP contribution < -0.4 is 5.32 Å². The highest BCUT2D eigenvalue weighted by atomic mass is 35.5. The Labute approximate surface area is 161 Å². The van der Waals surface area contributed by atoms with Crippen LogP contribution in [0.1, 0.15) is 26.3 Å². The lowest BCUT2D eigenvalue weighted by atomic mass is 9.91. The number of benzene rings is 1. The fourth-order valence-corrected chi connectivity index (χ4v) is 3.19. The van der Waals surface area contributed by atoms with Crippen LogP contribution in [0.25, 0.3) is 0 Å². The maximum Gasteiger partial charge on any atom is 0.244 e. The van der Waals surface area contributed by atoms with Gasteiger partial charge in [0.05, 0.1) is 22.0 Å². The monoisotopic (exact) mass is 391 g/mol. The Kier molecular flexibility index (Phi) is 6.11. The molecule has 2 rings (SSSR count). The highest BCUT2D eigenvalue weighted by molar-refractivity contribution is 8.04. The zero-order valence-electron chi connectivity index (χ0n) is 14.6. The van der Waals surface area contributed by atoms with Crippen molar-refractivity contribution in [3.05, 3.63) is 39.9 Å². The van der Waals surface area contributed by atoms with Gasteiger partial charge in [-0.15, -0.1) is 0 Å². The van der Waals surface area contributed by atoms with Crippen molar-refractivity contribution in [2.24, 2.45) is 5.41 Å². The van der Waals surface area contributed by atoms with Gasteiger partial charge in [-0.25, -0.2) is 0 Å². The molecule has 1 saturated heterocycles. The van der Waals surface area contributed by atoms with Gasteiger partial charge < -0.3 is 5.32 Å². The number of rotatable bonds is 4. The van der Waals surface area contributed by atoms with E-state index in [1.807, 2.05) is 6.07 Å². The predicted octanol–water partition coefficient (Wildman–Crippen LogP) is 3.18. The number of thioether (sulfide) groups is 1. The maximum absolute atomic E-state index is 12.3. The van der Waals surface area contributed by atoms with Gasteiger partial charge in [0.2, 0.25) is 11.8 Å². The first kappa shape index (κ1) is 20.0. The molecular weight excluding hydrogens is 374 g/mol. The van der Waals surface area contributed by atoms with E-state index in [0.29, 0.717) is 10.1 Å². The summed E-state index contributed by atoms with van der Waals surface area (Å²) in [7, 11) is 0. The molecule has 1 fully saturated rings. The third-order valence-electron chi connectivity index (χ3n) is 3.58. The molecule has 0 bridgehead atoms. The molecule has 1 aliphatic rings. The van der Waals surface area contributed by atoms with Crippen molar-refractivity contribution in [3.8, 4) is 6.07 Å². The van der Waals surface area contributed by atoms with Crippen LogP contribution in [-0.2, 0) is 14.4 Å². The van der Waals surface area contributed by atoms with Gasteiger partial charge in [0.25, 0.3) is 0 Å². The molecule has 0 saturated carbocycles. The van der Waals surface area contributed by atoms with Gasteiger partial charge in [-0.1, -0.05) is 44.1 Å². The smallest absolute Gasteiger partial charge is 0.244 e. The molecule has 8 heteroatoms. The number of nitrogens with zero attached hydrogens (tertiary/aromatic N) is 2. The van der Waals surface area contributed by atoms with E-state index in [-0.39, 0.29) is 35.2 Å². The van der Waals surface area contributed by atoms with Crippen molar-refractivity contribution in [2.45, 2.75) is 20.8 Å². The van der Waals surface area contributed by atoms with Crippen LogP contribution in [0.5, 0.6) is 0 Å². The summed E-state index contributed by atoms with van der Waals surface area (Å²) in [6, 6.07) is 6.49. The van der Waals surface area contributed by atoms with E-state index in [1.54, 1.807) is 26.8 Å². The van der Waals surface area contributed by atoms with Gasteiger partial charge in [-0.05, 0) is 18.2 Å². The first-order valence-corrected chi connectivity index (χ1v) is 9.17. The standard InChI is InChI=1S/C18H18ClN3O3S/c1-18(2,3)14(23)7-17-22(16(25)10-26-17)9-15(24)21-13-6-12(19)5-4-11(13)8-20/h4-7H,9-10H2,1-3H3,(H,21,24)/b17-7-. The Morgan fingerprint density at radius 1 is 1.42 bits per heavy atom. The summed E-state index contributed by atoms with van der Waals surface area (Å²) < 4.78 is 0. The Hall–Kier alpha value is -2.30. The molecule has 1 aliphatic heterocycles. The molecule has 1 N–H and O–H groups in total. The van der Waals surface area contributed by atoms with Crippen molar-refractivity contribution in [1.29, 1.82) is 5.26 Å². The topological polar surface area (TPSA) is 90.3 Å². The Bertz CT molecular complexity index is 837. The lowest BCUT2D eigenvalue weighted by molar-refractivity contribution is -0.129. The van der Waals surface area contributed by atoms with Crippen molar-refractivity contribution in [3.63, 3.8) is 0 Å². The highest BCUT2D eigenvalue weighted by Crippen LogP contribution is 2.30. The summed E-state index contributed by atoms with van der Waals surface area (Å²) in [5, 5.41) is 12.5. The van der Waals surface area contributed by atoms with Gasteiger partial charge in [-0.3, -0.25) is 19.3 Å². The van der Waals surface area contributed by atoms with Crippen LogP contribution in [0.4, 0.5) is 5.69 Å². The molecule has 1 aromatic carbocycles. The molecule has 0 spiro atoms. The first-order valence-electron chi connectivity index (χ1n) is 7.80. The molecule has 0 aliphatic carbocycles. The minimum Gasteiger partial charge on any atom is -0.323 e. The van der Waals surface area contributed by atoms with E-state index >= 15 is 0 Å². The number of nitriles is 1. The summed E-state index contributed by atoms with van der Waals surface area (Å²) in [6.45, 7) is 5.11. The SMILES string of the molecule is CC(C)(C)C(=O)/C=C1\SCC(=O)N1CC(=O)Nc1cc(Cl)ccc1C#N. The van der Waals surface area contributed by atoms with Crippen molar-refractivity contribution in [1.82, 2.24) is 4.90 Å². The molecule has 0 atom stereocenters. The third-order valence-corrected chi connectivity index (χ3v) is 4.84. The van der Waals surface area contributed by atoms with Gasteiger partial charge in [0.15, 0.2) is 5.78 Å². The van der Waals surface area contributed by atoms with Gasteiger partial charge in [0.1, 0.15) is 12.6 Å². The minimum absolute atomic E-state index is 0.123. The number of halogens is 1. The Morgan fingerprint density at radius 2 is 2.12 bits per heavy atom. The summed E-state index contributed by atoms with van der Waals surface area (Å²) >= 11 is 7.12. The Morgan fingerprint density at radius 3 is 2.73 bits per heavy atom. The molecule has 0 aromatic heterocycles. The molecule has 0 unspecified atom stereocenters. The van der Waals surface area contributed by atoms with Gasteiger partial charge >= 0.3 is 0 Å². The number of carbonyl (C=O) groups is 3. The summed E-state index contributed by atoms with van der Waals surface area (Å²) in [5.41, 5.74) is -0.0283. The molecular formula is C18H18ClN3O3S. The van der Waals surface area contributed by atoms with Crippen molar-refractivity contribution in [2.75, 3.05) is 17.6 Å². The number of nitrogens with one attached hydrogen (secondary N) is 1. The van der Waals surface area contributed by atoms with Crippen LogP contribution >= 0.6 is 23.4 Å². The molecule has 26 heavy (non-hydrogen) atoms. The average molecular weight is 392 g/mol. The van der Waals surface area contributed by atoms with Crippen LogP contribution in [-0.4, -0.2) is 34.8 Å². The number of amides is 2. The normalized spacial score (nSPS) is 15.9. The maximum atomic E-state index is 12.3. The average Bonchev–Trinajstić information content (AvgIpc) is 2.87. The minimum atomic E-state index is -0.574. The van der Waals surface area contributed by atoms with Gasteiger partial charge in [0, 0.05) is 16.5 Å². The third kappa shape index (κ3) is 4.87. The molecule has 6 nitrogen and oxygen atoms in total. The molecule has 1 heterocycles. The second-order valence-electron chi connectivity index (χ2n) is 6.72. The van der Waals surface area contributed by atoms with E-state index in [9.17, 15) is 14.4 Å². The van der Waals surface area contributed by atoms with Gasteiger partial charge in [-0.2, -0.15) is 5.26 Å². The van der Waals surface area contributed by atoms with Crippen LogP contribution in [0.15, 0.2) is 29.3 Å². The molecule has 2 amide bonds. The number of hydrogen-bond donors (Lipinski definition) is 1. The zero-order chi connectivity index (χ0) is 19.5. The highest BCUT2D eigenvalue weighted by Gasteiger charge is 2.31. The van der Waals surface area contributed by atoms with E-state index in [2.05, 4.69) is 5.32 Å². The quantitative estimate of drug-likeness (QED) is 0.796. The first-order chi connectivity index (χ1) is 12.1. The fraction of sp³-hybridized carbons (Fsp3) is 0.333. The predicted molar refractivity (Wildman–Crippen MR) is 102 cm³/mol. The van der Waals surface area contributed by atoms with E-state index in [1.165, 1.54) is 34.9 Å². The summed E-state index contributed by atoms with van der Waals surface area (Å²) in [5.74, 6) is -0.669. The number of anilines is 1. The Balaban J connectivity index is 2.15. The van der Waals surface area contributed by atoms with Crippen LogP contribution in [0.3, 0.4) is 0 Å². The lowest BCUT2D eigenvalue weighted by Gasteiger charge is -2.19. The largest absolute Gasteiger partial charge is 0.323 e. The van der Waals surface area contributed by atoms with E-state index in [0.717, 1.165) is 0 Å². The summed E-state index contributed by atoms with van der Waals surface area (Å²) in [6.07, 6.45) is 1.41. The van der Waals surface area contributed by atoms with E-state index in [4.69, 9.17) is 16.9 Å². The fourth-order valence-electron chi connectivity index (χ4n) is 2.08. The number of hydrogen-bond acceptors (Lipinski definition) is 5. The van der Waals surface area contributed by atoms with Crippen molar-refractivity contribution < 1.29 is 14.4 Å². The van der Waals surface area contributed by atoms with Crippen LogP contribution in [0, 0.1) is 16.7 Å². The second kappa shape index (κ2) is 7.94. The van der Waals surface area contributed by atoms with E-state index < -0.39 is 11.3 Å². The second-order valence-corrected chi connectivity index (χ2v) is 8.15.